The van der Waals surface area contributed by atoms with Crippen LogP contribution < -0.4 is 0 Å². The second kappa shape index (κ2) is 4.23. The first kappa shape index (κ1) is 13.5. The summed E-state index contributed by atoms with van der Waals surface area (Å²) in [5, 5.41) is 0. The average Bonchev–Trinajstić information content (AvgIpc) is 2.74. The third-order valence-electron chi connectivity index (χ3n) is 3.58. The van der Waals surface area contributed by atoms with Crippen molar-refractivity contribution in [2.75, 3.05) is 0 Å². The van der Waals surface area contributed by atoms with Gasteiger partial charge in [0.1, 0.15) is 24.6 Å². The highest BCUT2D eigenvalue weighted by Gasteiger charge is 2.60. The molecule has 0 spiro atoms. The molecule has 3 fully saturated rings. The first-order valence-electron chi connectivity index (χ1n) is 6.62. The minimum Gasteiger partial charge on any atom is -0.343 e. The number of aldehydes is 1. The second-order valence-corrected chi connectivity index (χ2v) is 6.11. The smallest absolute Gasteiger partial charge is 0.190 e. The van der Waals surface area contributed by atoms with Crippen molar-refractivity contribution in [1.29, 1.82) is 0 Å². The Bertz CT molecular complexity index is 379. The quantitative estimate of drug-likeness (QED) is 0.698. The van der Waals surface area contributed by atoms with Gasteiger partial charge in [-0.2, -0.15) is 0 Å². The minimum atomic E-state index is -0.716. The summed E-state index contributed by atoms with van der Waals surface area (Å²) in [6, 6.07) is 0. The summed E-state index contributed by atoms with van der Waals surface area (Å²) >= 11 is 0. The summed E-state index contributed by atoms with van der Waals surface area (Å²) in [6.45, 7) is 7.36. The maximum atomic E-state index is 10.8. The van der Waals surface area contributed by atoms with Crippen molar-refractivity contribution in [2.24, 2.45) is 0 Å². The number of carbonyl (C=O) groups is 1. The van der Waals surface area contributed by atoms with Gasteiger partial charge in [-0.1, -0.05) is 0 Å². The van der Waals surface area contributed by atoms with Crippen LogP contribution in [-0.4, -0.2) is 48.6 Å². The number of hydrogen-bond donors (Lipinski definition) is 0. The molecule has 3 heterocycles. The molecule has 19 heavy (non-hydrogen) atoms. The van der Waals surface area contributed by atoms with Gasteiger partial charge in [-0.15, -0.1) is 0 Å². The summed E-state index contributed by atoms with van der Waals surface area (Å²) < 4.78 is 29.1. The van der Waals surface area contributed by atoms with Crippen molar-refractivity contribution < 1.29 is 28.5 Å². The molecular formula is C13H20O6. The van der Waals surface area contributed by atoms with E-state index in [1.807, 2.05) is 27.7 Å². The maximum Gasteiger partial charge on any atom is 0.190 e. The third-order valence-corrected chi connectivity index (χ3v) is 3.58. The van der Waals surface area contributed by atoms with Crippen LogP contribution in [0, 0.1) is 0 Å². The molecule has 0 aromatic heterocycles. The second-order valence-electron chi connectivity index (χ2n) is 6.11. The van der Waals surface area contributed by atoms with Gasteiger partial charge in [0.05, 0.1) is 6.10 Å². The summed E-state index contributed by atoms with van der Waals surface area (Å²) in [5.41, 5.74) is 0. The summed E-state index contributed by atoms with van der Waals surface area (Å²) in [6.07, 6.45) is -0.698. The molecule has 0 aromatic rings. The molecule has 0 amide bonds. The zero-order valence-electron chi connectivity index (χ0n) is 11.6. The van der Waals surface area contributed by atoms with E-state index in [1.165, 1.54) is 0 Å². The first-order chi connectivity index (χ1) is 8.81. The van der Waals surface area contributed by atoms with E-state index < -0.39 is 17.9 Å². The molecule has 0 aliphatic carbocycles. The zero-order valence-corrected chi connectivity index (χ0v) is 11.6. The molecule has 6 heteroatoms. The van der Waals surface area contributed by atoms with E-state index in [9.17, 15) is 4.79 Å². The molecular weight excluding hydrogens is 252 g/mol. The van der Waals surface area contributed by atoms with Gasteiger partial charge in [-0.3, -0.25) is 0 Å². The number of fused-ring (bicyclic) bond motifs is 3. The van der Waals surface area contributed by atoms with Crippen molar-refractivity contribution in [2.45, 2.75) is 76.4 Å². The molecule has 3 saturated heterocycles. The lowest BCUT2D eigenvalue weighted by molar-refractivity contribution is -0.233. The van der Waals surface area contributed by atoms with Crippen LogP contribution >= 0.6 is 0 Å². The number of rotatable bonds is 2. The van der Waals surface area contributed by atoms with Crippen LogP contribution in [0.3, 0.4) is 0 Å². The maximum absolute atomic E-state index is 10.8. The molecule has 0 saturated carbocycles. The fourth-order valence-electron chi connectivity index (χ4n) is 2.98. The Hall–Kier alpha value is -0.530. The van der Waals surface area contributed by atoms with Crippen LogP contribution in [0.5, 0.6) is 0 Å². The predicted octanol–water partition coefficient (Wildman–Crippen LogP) is 0.972. The van der Waals surface area contributed by atoms with Gasteiger partial charge < -0.3 is 28.5 Å². The van der Waals surface area contributed by atoms with Gasteiger partial charge in [0.2, 0.25) is 0 Å². The van der Waals surface area contributed by atoms with Crippen LogP contribution in [-0.2, 0) is 28.5 Å². The number of carbonyl (C=O) groups excluding carboxylic acids is 1. The summed E-state index contributed by atoms with van der Waals surface area (Å²) in [7, 11) is 0. The lowest BCUT2D eigenvalue weighted by Gasteiger charge is -2.36. The van der Waals surface area contributed by atoms with E-state index >= 15 is 0 Å². The molecule has 0 aromatic carbocycles. The minimum absolute atomic E-state index is 0.258. The Kier molecular flexibility index (Phi) is 3.00. The fourth-order valence-corrected chi connectivity index (χ4v) is 2.98. The molecule has 3 rings (SSSR count). The summed E-state index contributed by atoms with van der Waals surface area (Å²) in [5.74, 6) is -1.42. The topological polar surface area (TPSA) is 63.2 Å². The van der Waals surface area contributed by atoms with E-state index in [2.05, 4.69) is 0 Å². The lowest BCUT2D eigenvalue weighted by Crippen LogP contribution is -2.55. The van der Waals surface area contributed by atoms with Crippen molar-refractivity contribution in [3.05, 3.63) is 0 Å². The summed E-state index contributed by atoms with van der Waals surface area (Å²) in [4.78, 5) is 10.8. The zero-order chi connectivity index (χ0) is 13.8. The van der Waals surface area contributed by atoms with Crippen molar-refractivity contribution >= 4 is 6.29 Å². The molecule has 6 nitrogen and oxygen atoms in total. The highest BCUT2D eigenvalue weighted by Crippen LogP contribution is 2.44. The van der Waals surface area contributed by atoms with Crippen molar-refractivity contribution in [3.8, 4) is 0 Å². The number of hydrogen-bond acceptors (Lipinski definition) is 6. The van der Waals surface area contributed by atoms with Crippen LogP contribution in [0.25, 0.3) is 0 Å². The van der Waals surface area contributed by atoms with Crippen molar-refractivity contribution in [3.63, 3.8) is 0 Å². The van der Waals surface area contributed by atoms with Crippen LogP contribution in [0.15, 0.2) is 0 Å². The average molecular weight is 272 g/mol. The van der Waals surface area contributed by atoms with E-state index in [0.717, 1.165) is 6.29 Å². The van der Waals surface area contributed by atoms with Gasteiger partial charge >= 0.3 is 0 Å². The van der Waals surface area contributed by atoms with Gasteiger partial charge in [0.15, 0.2) is 17.9 Å². The van der Waals surface area contributed by atoms with Gasteiger partial charge in [0, 0.05) is 6.42 Å². The van der Waals surface area contributed by atoms with Crippen LogP contribution in [0.1, 0.15) is 34.1 Å². The standard InChI is InChI=1S/C13H20O6/c1-12(2)16-8-7(5-6-14)15-11-10(9(8)17-12)18-13(3,4)19-11/h6-11H,5H2,1-4H3/t7-,8+,9+,10-,11-/m1/s1. The SMILES string of the molecule is CC1(C)O[C@H]2[C@@H](O1)[C@@H](CC=O)O[C@@H]1OC(C)(C)O[C@@H]12. The Balaban J connectivity index is 1.86. The molecule has 0 bridgehead atoms. The molecule has 0 unspecified atom stereocenters. The van der Waals surface area contributed by atoms with Gasteiger partial charge in [0.25, 0.3) is 0 Å². The molecule has 0 N–H and O–H groups in total. The van der Waals surface area contributed by atoms with Gasteiger partial charge in [-0.25, -0.2) is 0 Å². The molecule has 3 aliphatic rings. The number of ether oxygens (including phenoxy) is 5. The largest absolute Gasteiger partial charge is 0.343 e. The van der Waals surface area contributed by atoms with E-state index in [-0.39, 0.29) is 30.8 Å². The molecule has 0 radical (unpaired) electrons. The van der Waals surface area contributed by atoms with Crippen LogP contribution in [0.4, 0.5) is 0 Å². The first-order valence-corrected chi connectivity index (χ1v) is 6.62. The van der Waals surface area contributed by atoms with E-state index in [1.54, 1.807) is 0 Å². The van der Waals surface area contributed by atoms with Crippen LogP contribution in [0.2, 0.25) is 0 Å². The lowest BCUT2D eigenvalue weighted by atomic mass is 9.97. The molecule has 5 atom stereocenters. The fraction of sp³-hybridized carbons (Fsp3) is 0.923. The highest BCUT2D eigenvalue weighted by atomic mass is 16.9. The van der Waals surface area contributed by atoms with Gasteiger partial charge in [-0.05, 0) is 27.7 Å². The molecule has 108 valence electrons. The Morgan fingerprint density at radius 2 is 1.47 bits per heavy atom. The van der Waals surface area contributed by atoms with E-state index in [0.29, 0.717) is 0 Å². The van der Waals surface area contributed by atoms with E-state index in [4.69, 9.17) is 23.7 Å². The normalized spacial score (nSPS) is 46.6. The monoisotopic (exact) mass is 272 g/mol. The predicted molar refractivity (Wildman–Crippen MR) is 63.2 cm³/mol. The Morgan fingerprint density at radius 3 is 2.16 bits per heavy atom. The molecule has 3 aliphatic heterocycles. The van der Waals surface area contributed by atoms with Crippen molar-refractivity contribution in [1.82, 2.24) is 0 Å². The highest BCUT2D eigenvalue weighted by molar-refractivity contribution is 5.50. The Labute approximate surface area is 112 Å². The third kappa shape index (κ3) is 2.32. The Morgan fingerprint density at radius 1 is 0.895 bits per heavy atom.